The van der Waals surface area contributed by atoms with Crippen LogP contribution in [0.5, 0.6) is 0 Å². The van der Waals surface area contributed by atoms with Crippen LogP contribution in [0.2, 0.25) is 0 Å². The first-order valence-corrected chi connectivity index (χ1v) is 9.90. The molecule has 2 heterocycles. The van der Waals surface area contributed by atoms with Crippen LogP contribution in [0, 0.1) is 5.92 Å². The second kappa shape index (κ2) is 8.39. The molecule has 2 aromatic heterocycles. The molecule has 0 fully saturated rings. The van der Waals surface area contributed by atoms with Gasteiger partial charge < -0.3 is 14.5 Å². The third-order valence-corrected chi connectivity index (χ3v) is 5.03. The Morgan fingerprint density at radius 1 is 1.25 bits per heavy atom. The number of hydrogen-bond acceptors (Lipinski definition) is 6. The van der Waals surface area contributed by atoms with Gasteiger partial charge in [-0.1, -0.05) is 32.0 Å². The number of fused-ring (bicyclic) bond motifs is 1. The molecule has 7 heteroatoms. The van der Waals surface area contributed by atoms with E-state index >= 15 is 0 Å². The molecule has 3 aromatic rings. The van der Waals surface area contributed by atoms with Crippen molar-refractivity contribution in [1.82, 2.24) is 0 Å². The molecule has 1 aromatic carbocycles. The van der Waals surface area contributed by atoms with Crippen LogP contribution in [0.3, 0.4) is 0 Å². The maximum atomic E-state index is 12.7. The number of nitrogens with one attached hydrogen (secondary N) is 1. The fraction of sp³-hybridized carbons (Fsp3) is 0.286. The molecule has 0 aliphatic heterocycles. The second-order valence-corrected chi connectivity index (χ2v) is 7.60. The van der Waals surface area contributed by atoms with Crippen LogP contribution in [0.4, 0.5) is 5.00 Å². The van der Waals surface area contributed by atoms with Gasteiger partial charge >= 0.3 is 11.6 Å². The molecule has 1 N–H and O–H groups in total. The van der Waals surface area contributed by atoms with Gasteiger partial charge in [-0.2, -0.15) is 0 Å². The summed E-state index contributed by atoms with van der Waals surface area (Å²) >= 11 is 1.24. The maximum Gasteiger partial charge on any atom is 0.349 e. The van der Waals surface area contributed by atoms with Crippen molar-refractivity contribution in [2.75, 3.05) is 11.9 Å². The molecule has 0 radical (unpaired) electrons. The van der Waals surface area contributed by atoms with E-state index in [9.17, 15) is 14.4 Å². The Morgan fingerprint density at radius 3 is 2.71 bits per heavy atom. The van der Waals surface area contributed by atoms with Crippen LogP contribution in [-0.2, 0) is 11.2 Å². The van der Waals surface area contributed by atoms with Gasteiger partial charge in [0.1, 0.15) is 16.1 Å². The molecule has 0 unspecified atom stereocenters. The lowest BCUT2D eigenvalue weighted by Gasteiger charge is -2.09. The third kappa shape index (κ3) is 4.14. The molecule has 146 valence electrons. The summed E-state index contributed by atoms with van der Waals surface area (Å²) < 4.78 is 10.4. The summed E-state index contributed by atoms with van der Waals surface area (Å²) in [5, 5.41) is 5.53. The minimum absolute atomic E-state index is 0.118. The average molecular weight is 399 g/mol. The first kappa shape index (κ1) is 19.8. The number of amides is 1. The Hall–Kier alpha value is -2.93. The molecule has 0 aliphatic rings. The van der Waals surface area contributed by atoms with Gasteiger partial charge in [0, 0.05) is 5.39 Å². The molecular weight excluding hydrogens is 378 g/mol. The Bertz CT molecular complexity index is 1080. The van der Waals surface area contributed by atoms with E-state index in [1.54, 1.807) is 31.2 Å². The van der Waals surface area contributed by atoms with Gasteiger partial charge in [-0.15, -0.1) is 11.3 Å². The fourth-order valence-corrected chi connectivity index (χ4v) is 3.85. The smallest absolute Gasteiger partial charge is 0.349 e. The minimum atomic E-state index is -0.729. The Labute approximate surface area is 166 Å². The van der Waals surface area contributed by atoms with Crippen molar-refractivity contribution in [2.45, 2.75) is 27.2 Å². The predicted octanol–water partition coefficient (Wildman–Crippen LogP) is 4.48. The summed E-state index contributed by atoms with van der Waals surface area (Å²) in [6, 6.07) is 8.45. The van der Waals surface area contributed by atoms with Crippen LogP contribution < -0.4 is 10.9 Å². The van der Waals surface area contributed by atoms with Crippen LogP contribution in [0.15, 0.2) is 44.9 Å². The predicted molar refractivity (Wildman–Crippen MR) is 109 cm³/mol. The van der Waals surface area contributed by atoms with E-state index in [2.05, 4.69) is 5.32 Å². The largest absolute Gasteiger partial charge is 0.462 e. The van der Waals surface area contributed by atoms with E-state index in [0.29, 0.717) is 33.9 Å². The molecule has 28 heavy (non-hydrogen) atoms. The molecule has 3 rings (SSSR count). The minimum Gasteiger partial charge on any atom is -0.462 e. The van der Waals surface area contributed by atoms with E-state index in [-0.39, 0.29) is 12.2 Å². The van der Waals surface area contributed by atoms with Gasteiger partial charge in [-0.25, -0.2) is 9.59 Å². The first-order chi connectivity index (χ1) is 13.4. The highest BCUT2D eigenvalue weighted by atomic mass is 32.1. The zero-order valence-corrected chi connectivity index (χ0v) is 16.7. The monoisotopic (exact) mass is 399 g/mol. The van der Waals surface area contributed by atoms with Gasteiger partial charge in [-0.05, 0) is 42.3 Å². The lowest BCUT2D eigenvalue weighted by atomic mass is 10.0. The molecular formula is C21H21NO5S. The molecule has 1 amide bonds. The highest BCUT2D eigenvalue weighted by molar-refractivity contribution is 7.15. The number of thiophene rings is 1. The number of carbonyl (C=O) groups is 2. The average Bonchev–Trinajstić information content (AvgIpc) is 3.02. The van der Waals surface area contributed by atoms with E-state index < -0.39 is 17.5 Å². The number of rotatable bonds is 6. The van der Waals surface area contributed by atoms with E-state index in [4.69, 9.17) is 9.15 Å². The molecule has 0 saturated heterocycles. The van der Waals surface area contributed by atoms with E-state index in [0.717, 1.165) is 5.56 Å². The Morgan fingerprint density at radius 2 is 2.00 bits per heavy atom. The highest BCUT2D eigenvalue weighted by Gasteiger charge is 2.23. The maximum absolute atomic E-state index is 12.7. The summed E-state index contributed by atoms with van der Waals surface area (Å²) in [5.41, 5.74) is 0.727. The topological polar surface area (TPSA) is 85.6 Å². The third-order valence-electron chi connectivity index (χ3n) is 4.09. The van der Waals surface area contributed by atoms with Gasteiger partial charge in [0.2, 0.25) is 0 Å². The van der Waals surface area contributed by atoms with Crippen molar-refractivity contribution in [3.8, 4) is 0 Å². The van der Waals surface area contributed by atoms with E-state index in [1.807, 2.05) is 19.2 Å². The summed E-state index contributed by atoms with van der Waals surface area (Å²) in [4.78, 5) is 37.4. The number of para-hydroxylation sites is 1. The summed E-state index contributed by atoms with van der Waals surface area (Å²) in [6.45, 7) is 6.05. The quantitative estimate of drug-likeness (QED) is 0.488. The summed E-state index contributed by atoms with van der Waals surface area (Å²) in [7, 11) is 0. The van der Waals surface area contributed by atoms with Crippen LogP contribution in [-0.4, -0.2) is 18.5 Å². The van der Waals surface area contributed by atoms with Gasteiger partial charge in [0.15, 0.2) is 0 Å². The van der Waals surface area contributed by atoms with Crippen LogP contribution in [0.25, 0.3) is 11.0 Å². The van der Waals surface area contributed by atoms with E-state index in [1.165, 1.54) is 17.4 Å². The lowest BCUT2D eigenvalue weighted by Crippen LogP contribution is -2.21. The zero-order chi connectivity index (χ0) is 20.3. The number of carbonyl (C=O) groups excluding carboxylic acids is 2. The summed E-state index contributed by atoms with van der Waals surface area (Å²) in [6.07, 6.45) is 0.679. The zero-order valence-electron chi connectivity index (χ0n) is 15.9. The molecule has 6 nitrogen and oxygen atoms in total. The molecule has 0 atom stereocenters. The van der Waals surface area contributed by atoms with Crippen molar-refractivity contribution in [1.29, 1.82) is 0 Å². The van der Waals surface area contributed by atoms with Gasteiger partial charge in [0.25, 0.3) is 5.91 Å². The molecule has 0 saturated carbocycles. The number of esters is 1. The summed E-state index contributed by atoms with van der Waals surface area (Å²) in [5.74, 6) is -0.776. The number of benzene rings is 1. The van der Waals surface area contributed by atoms with Crippen molar-refractivity contribution in [2.24, 2.45) is 5.92 Å². The normalized spacial score (nSPS) is 11.0. The number of hydrogen-bond donors (Lipinski definition) is 1. The van der Waals surface area contributed by atoms with Gasteiger partial charge in [0.05, 0.1) is 12.2 Å². The molecule has 0 bridgehead atoms. The fourth-order valence-electron chi connectivity index (χ4n) is 2.89. The van der Waals surface area contributed by atoms with Crippen LogP contribution >= 0.6 is 11.3 Å². The van der Waals surface area contributed by atoms with Crippen molar-refractivity contribution >= 4 is 39.2 Å². The Kier molecular flexibility index (Phi) is 5.94. The lowest BCUT2D eigenvalue weighted by molar-refractivity contribution is 0.0527. The SMILES string of the molecule is CCOC(=O)c1c(CC(C)C)csc1NC(=O)c1cc2ccccc2oc1=O. The van der Waals surface area contributed by atoms with Crippen molar-refractivity contribution in [3.05, 3.63) is 62.8 Å². The standard InChI is InChI=1S/C21H21NO5S/c1-4-26-21(25)17-14(9-12(2)3)11-28-19(17)22-18(23)15-10-13-7-5-6-8-16(13)27-20(15)24/h5-8,10-12H,4,9H2,1-3H3,(H,22,23). The highest BCUT2D eigenvalue weighted by Crippen LogP contribution is 2.31. The molecule has 0 spiro atoms. The first-order valence-electron chi connectivity index (χ1n) is 9.02. The Balaban J connectivity index is 1.96. The van der Waals surface area contributed by atoms with Crippen LogP contribution in [0.1, 0.15) is 47.1 Å². The van der Waals surface area contributed by atoms with Gasteiger partial charge in [-0.3, -0.25) is 4.79 Å². The van der Waals surface area contributed by atoms with Crippen molar-refractivity contribution < 1.29 is 18.7 Å². The second-order valence-electron chi connectivity index (χ2n) is 6.72. The van der Waals surface area contributed by atoms with Crippen molar-refractivity contribution in [3.63, 3.8) is 0 Å². The number of anilines is 1. The number of ether oxygens (including phenoxy) is 1. The molecule has 0 aliphatic carbocycles.